The van der Waals surface area contributed by atoms with Crippen molar-refractivity contribution >= 4 is 21.8 Å². The van der Waals surface area contributed by atoms with Crippen molar-refractivity contribution in [3.63, 3.8) is 0 Å². The molecule has 0 aromatic heterocycles. The van der Waals surface area contributed by atoms with Gasteiger partial charge in [-0.2, -0.15) is 0 Å². The minimum atomic E-state index is 0.123. The highest BCUT2D eigenvalue weighted by molar-refractivity contribution is 9.09. The number of amides is 1. The Labute approximate surface area is 111 Å². The normalized spacial score (nSPS) is 22.6. The number of fused-ring (bicyclic) bond motifs is 1. The van der Waals surface area contributed by atoms with Gasteiger partial charge in [0.25, 0.3) is 0 Å². The summed E-state index contributed by atoms with van der Waals surface area (Å²) in [7, 11) is 0. The fourth-order valence-electron chi connectivity index (χ4n) is 2.32. The second-order valence-electron chi connectivity index (χ2n) is 5.06. The van der Waals surface area contributed by atoms with Gasteiger partial charge in [0.05, 0.1) is 6.04 Å². The van der Waals surface area contributed by atoms with Gasteiger partial charge in [-0.15, -0.1) is 0 Å². The van der Waals surface area contributed by atoms with Gasteiger partial charge in [-0.25, -0.2) is 0 Å². The molecule has 1 N–H and O–H groups in total. The Kier molecular flexibility index (Phi) is 3.87. The van der Waals surface area contributed by atoms with E-state index in [4.69, 9.17) is 0 Å². The van der Waals surface area contributed by atoms with Crippen molar-refractivity contribution in [1.82, 2.24) is 5.32 Å². The molecule has 0 bridgehead atoms. The number of carbonyl (C=O) groups excluding carboxylic acids is 1. The Morgan fingerprint density at radius 1 is 1.47 bits per heavy atom. The second-order valence-corrected chi connectivity index (χ2v) is 6.24. The van der Waals surface area contributed by atoms with E-state index in [0.29, 0.717) is 17.2 Å². The number of rotatable bonds is 3. The molecule has 0 aliphatic heterocycles. The van der Waals surface area contributed by atoms with Crippen LogP contribution in [0.4, 0.5) is 0 Å². The average Bonchev–Trinajstić information content (AvgIpc) is 2.55. The predicted octanol–water partition coefficient (Wildman–Crippen LogP) is 3.21. The van der Waals surface area contributed by atoms with Gasteiger partial charge < -0.3 is 5.32 Å². The van der Waals surface area contributed by atoms with Crippen LogP contribution >= 0.6 is 15.9 Å². The van der Waals surface area contributed by atoms with Crippen LogP contribution in [-0.4, -0.2) is 10.7 Å². The summed E-state index contributed by atoms with van der Waals surface area (Å²) in [6, 6.07) is 8.45. The Bertz CT molecular complexity index is 416. The van der Waals surface area contributed by atoms with E-state index in [1.165, 1.54) is 11.1 Å². The maximum atomic E-state index is 11.8. The molecule has 1 amide bonds. The molecule has 2 nitrogen and oxygen atoms in total. The van der Waals surface area contributed by atoms with Crippen LogP contribution in [-0.2, 0) is 11.2 Å². The van der Waals surface area contributed by atoms with Crippen LogP contribution in [0.25, 0.3) is 0 Å². The van der Waals surface area contributed by atoms with E-state index < -0.39 is 0 Å². The first-order valence-electron chi connectivity index (χ1n) is 6.09. The minimum absolute atomic E-state index is 0.123. The summed E-state index contributed by atoms with van der Waals surface area (Å²) in [6.07, 6.45) is 1.58. The van der Waals surface area contributed by atoms with Gasteiger partial charge in [0.2, 0.25) is 5.91 Å². The molecule has 17 heavy (non-hydrogen) atoms. The summed E-state index contributed by atoms with van der Waals surface area (Å²) < 4.78 is 0. The molecule has 0 spiro atoms. The zero-order chi connectivity index (χ0) is 12.4. The lowest BCUT2D eigenvalue weighted by atomic mass is 10.1. The molecule has 3 heteroatoms. The predicted molar refractivity (Wildman–Crippen MR) is 73.2 cm³/mol. The Morgan fingerprint density at radius 2 is 2.18 bits per heavy atom. The fourth-order valence-corrected chi connectivity index (χ4v) is 3.08. The van der Waals surface area contributed by atoms with Gasteiger partial charge >= 0.3 is 0 Å². The number of carbonyl (C=O) groups is 1. The lowest BCUT2D eigenvalue weighted by Crippen LogP contribution is -2.32. The molecule has 2 unspecified atom stereocenters. The average molecular weight is 296 g/mol. The second kappa shape index (κ2) is 5.21. The number of halogens is 1. The van der Waals surface area contributed by atoms with E-state index in [0.717, 1.165) is 6.42 Å². The largest absolute Gasteiger partial charge is 0.348 e. The smallest absolute Gasteiger partial charge is 0.220 e. The van der Waals surface area contributed by atoms with Crippen LogP contribution in [0, 0.1) is 5.92 Å². The maximum absolute atomic E-state index is 11.8. The molecule has 2 atom stereocenters. The van der Waals surface area contributed by atoms with E-state index in [1.807, 2.05) is 6.07 Å². The molecule has 1 aromatic rings. The summed E-state index contributed by atoms with van der Waals surface area (Å²) in [5.41, 5.74) is 2.59. The molecular weight excluding hydrogens is 278 g/mol. The molecular formula is C14H18BrNO. The fraction of sp³-hybridized carbons (Fsp3) is 0.500. The van der Waals surface area contributed by atoms with Crippen LogP contribution in [0.2, 0.25) is 0 Å². The van der Waals surface area contributed by atoms with Gasteiger partial charge in [-0.3, -0.25) is 4.79 Å². The molecule has 1 aromatic carbocycles. The zero-order valence-corrected chi connectivity index (χ0v) is 11.8. The number of hydrogen-bond donors (Lipinski definition) is 1. The van der Waals surface area contributed by atoms with Gasteiger partial charge in [-0.1, -0.05) is 54.0 Å². The van der Waals surface area contributed by atoms with Crippen molar-refractivity contribution in [3.8, 4) is 0 Å². The van der Waals surface area contributed by atoms with Gasteiger partial charge in [-0.05, 0) is 23.5 Å². The molecule has 1 aliphatic rings. The van der Waals surface area contributed by atoms with Crippen molar-refractivity contribution in [1.29, 1.82) is 0 Å². The molecule has 0 radical (unpaired) electrons. The van der Waals surface area contributed by atoms with E-state index in [1.54, 1.807) is 0 Å². The van der Waals surface area contributed by atoms with Gasteiger partial charge in [0, 0.05) is 11.2 Å². The lowest BCUT2D eigenvalue weighted by Gasteiger charge is -2.18. The highest BCUT2D eigenvalue weighted by atomic mass is 79.9. The molecule has 1 aliphatic carbocycles. The monoisotopic (exact) mass is 295 g/mol. The van der Waals surface area contributed by atoms with Crippen molar-refractivity contribution in [2.45, 2.75) is 37.6 Å². The highest BCUT2D eigenvalue weighted by Gasteiger charge is 2.31. The van der Waals surface area contributed by atoms with Crippen molar-refractivity contribution in [3.05, 3.63) is 35.4 Å². The molecule has 0 saturated carbocycles. The molecule has 92 valence electrons. The van der Waals surface area contributed by atoms with E-state index in [2.05, 4.69) is 53.3 Å². The van der Waals surface area contributed by atoms with Crippen LogP contribution in [0.15, 0.2) is 24.3 Å². The number of nitrogens with one attached hydrogen (secondary N) is 1. The lowest BCUT2D eigenvalue weighted by molar-refractivity contribution is -0.122. The summed E-state index contributed by atoms with van der Waals surface area (Å²) >= 11 is 3.67. The Hall–Kier alpha value is -0.830. The van der Waals surface area contributed by atoms with E-state index in [-0.39, 0.29) is 11.9 Å². The third kappa shape index (κ3) is 2.89. The van der Waals surface area contributed by atoms with E-state index >= 15 is 0 Å². The van der Waals surface area contributed by atoms with Crippen LogP contribution < -0.4 is 5.32 Å². The first kappa shape index (κ1) is 12.6. The first-order valence-corrected chi connectivity index (χ1v) is 7.00. The highest BCUT2D eigenvalue weighted by Crippen LogP contribution is 2.35. The molecule has 0 fully saturated rings. The standard InChI is InChI=1S/C14H18BrNO/c1-9(2)7-13(17)16-14-11-6-4-3-5-10(11)8-12(14)15/h3-6,9,12,14H,7-8H2,1-2H3,(H,16,17). The molecule has 0 heterocycles. The zero-order valence-electron chi connectivity index (χ0n) is 10.2. The summed E-state index contributed by atoms with van der Waals surface area (Å²) in [4.78, 5) is 12.1. The van der Waals surface area contributed by atoms with E-state index in [9.17, 15) is 4.79 Å². The number of hydrogen-bond acceptors (Lipinski definition) is 1. The van der Waals surface area contributed by atoms with Crippen molar-refractivity contribution < 1.29 is 4.79 Å². The Morgan fingerprint density at radius 3 is 2.88 bits per heavy atom. The number of benzene rings is 1. The SMILES string of the molecule is CC(C)CC(=O)NC1c2ccccc2CC1Br. The molecule has 2 rings (SSSR count). The van der Waals surface area contributed by atoms with Gasteiger partial charge in [0.15, 0.2) is 0 Å². The van der Waals surface area contributed by atoms with Crippen LogP contribution in [0.5, 0.6) is 0 Å². The topological polar surface area (TPSA) is 29.1 Å². The summed E-state index contributed by atoms with van der Waals surface area (Å²) in [6.45, 7) is 4.13. The maximum Gasteiger partial charge on any atom is 0.220 e. The minimum Gasteiger partial charge on any atom is -0.348 e. The van der Waals surface area contributed by atoms with Crippen molar-refractivity contribution in [2.24, 2.45) is 5.92 Å². The van der Waals surface area contributed by atoms with Gasteiger partial charge in [0.1, 0.15) is 0 Å². The van der Waals surface area contributed by atoms with Crippen molar-refractivity contribution in [2.75, 3.05) is 0 Å². The van der Waals surface area contributed by atoms with Crippen LogP contribution in [0.1, 0.15) is 37.4 Å². The molecule has 0 saturated heterocycles. The first-order chi connectivity index (χ1) is 8.08. The third-order valence-corrected chi connectivity index (χ3v) is 3.93. The third-order valence-electron chi connectivity index (χ3n) is 3.08. The Balaban J connectivity index is 2.09. The summed E-state index contributed by atoms with van der Waals surface area (Å²) in [5.74, 6) is 0.548. The van der Waals surface area contributed by atoms with Crippen LogP contribution in [0.3, 0.4) is 0 Å². The summed E-state index contributed by atoms with van der Waals surface area (Å²) in [5, 5.41) is 3.13. The number of alkyl halides is 1. The quantitative estimate of drug-likeness (QED) is 0.853.